The van der Waals surface area contributed by atoms with Crippen LogP contribution in [-0.2, 0) is 0 Å². The molecule has 51 heavy (non-hydrogen) atoms. The maximum atomic E-state index is 13.8. The molecule has 3 aromatic carbocycles. The molecule has 0 radical (unpaired) electrons. The van der Waals surface area contributed by atoms with Crippen LogP contribution in [0, 0.1) is 5.41 Å². The average Bonchev–Trinajstić information content (AvgIpc) is 3.66. The monoisotopic (exact) mass is 808 g/mol. The van der Waals surface area contributed by atoms with Crippen LogP contribution >= 0.6 is 22.9 Å². The number of carbonyl (C=O) groups is 2. The van der Waals surface area contributed by atoms with Crippen LogP contribution in [0.1, 0.15) is 58.4 Å². The first-order chi connectivity index (χ1) is 24.7. The Hall–Kier alpha value is -4.37. The molecule has 0 bridgehead atoms. The van der Waals surface area contributed by atoms with Crippen molar-refractivity contribution >= 4 is 51.6 Å². The van der Waals surface area contributed by atoms with Crippen molar-refractivity contribution in [1.82, 2.24) is 9.80 Å². The van der Waals surface area contributed by atoms with Gasteiger partial charge in [-0.05, 0) is 66.5 Å². The molecule has 2 fully saturated rings. The lowest BCUT2D eigenvalue weighted by molar-refractivity contribution is 0.0561. The van der Waals surface area contributed by atoms with Crippen molar-refractivity contribution in [1.29, 1.82) is 0 Å². The molecule has 8 rings (SSSR count). The van der Waals surface area contributed by atoms with Gasteiger partial charge in [0.1, 0.15) is 5.75 Å². The summed E-state index contributed by atoms with van der Waals surface area (Å²) in [5, 5.41) is 14.7. The quantitative estimate of drug-likeness (QED) is 0.149. The van der Waals surface area contributed by atoms with E-state index < -0.39 is 6.23 Å². The maximum Gasteiger partial charge on any atom is 0.260 e. The number of benzene rings is 3. The standard InChI is InChI=1S/C38H41IN4O8/c1-47-25-7-5-22(6-8-25)23-13-24-19-40-28-16-33(31(48-2)14-26(28)35(44)41(24)20-23)50-11-4-12-51-34-17-29-27(15-32(34)49-3)36(45)42-21-38(9-10-38)18-30(42)37(46)43(29)39/h5-8,14-17,20,24,30,37,40,46H,4,9-13,18-19,21H2,1-3H3. The number of hydrogen-bond acceptors (Lipinski definition) is 10. The summed E-state index contributed by atoms with van der Waals surface area (Å²) in [7, 11) is 4.76. The molecule has 1 saturated heterocycles. The number of nitrogens with one attached hydrogen (secondary N) is 1. The Morgan fingerprint density at radius 2 is 1.57 bits per heavy atom. The molecule has 5 aliphatic rings. The Labute approximate surface area is 310 Å². The molecule has 268 valence electrons. The third-order valence-electron chi connectivity index (χ3n) is 10.8. The fourth-order valence-electron chi connectivity index (χ4n) is 7.76. The molecule has 1 spiro atoms. The number of halogens is 1. The van der Waals surface area contributed by atoms with Crippen LogP contribution in [0.4, 0.5) is 11.4 Å². The minimum absolute atomic E-state index is 0.0212. The Bertz CT molecular complexity index is 1900. The van der Waals surface area contributed by atoms with Crippen LogP contribution in [0.5, 0.6) is 28.7 Å². The summed E-state index contributed by atoms with van der Waals surface area (Å²) in [4.78, 5) is 31.1. The van der Waals surface area contributed by atoms with Gasteiger partial charge in [-0.1, -0.05) is 12.1 Å². The zero-order valence-electron chi connectivity index (χ0n) is 28.8. The summed E-state index contributed by atoms with van der Waals surface area (Å²) in [6, 6.07) is 14.7. The molecular weight excluding hydrogens is 767 g/mol. The van der Waals surface area contributed by atoms with Crippen molar-refractivity contribution in [3.8, 4) is 28.7 Å². The largest absolute Gasteiger partial charge is 0.497 e. The van der Waals surface area contributed by atoms with E-state index in [2.05, 4.69) is 28.2 Å². The normalized spacial score (nSPS) is 22.6. The van der Waals surface area contributed by atoms with Gasteiger partial charge in [0.05, 0.1) is 92.0 Å². The first-order valence-electron chi connectivity index (χ1n) is 17.3. The average molecular weight is 809 g/mol. The SMILES string of the molecule is COc1ccc(C2=CN3C(=O)c4cc(OC)c(OCCCOc5cc6c(cc5OC)C(=O)N5CC7(CC7)CC5C(O)N6I)cc4NCC3C2)cc1. The van der Waals surface area contributed by atoms with Gasteiger partial charge in [-0.2, -0.15) is 0 Å². The second-order valence-electron chi connectivity index (χ2n) is 13.9. The molecule has 3 aromatic rings. The van der Waals surface area contributed by atoms with Crippen molar-refractivity contribution in [2.45, 2.75) is 50.4 Å². The Balaban J connectivity index is 0.922. The third kappa shape index (κ3) is 6.07. The van der Waals surface area contributed by atoms with Gasteiger partial charge in [-0.3, -0.25) is 12.7 Å². The second-order valence-corrected chi connectivity index (χ2v) is 14.9. The number of carbonyl (C=O) groups excluding carboxylic acids is 2. The van der Waals surface area contributed by atoms with E-state index in [9.17, 15) is 14.7 Å². The van der Waals surface area contributed by atoms with E-state index in [0.717, 1.165) is 42.6 Å². The van der Waals surface area contributed by atoms with Gasteiger partial charge in [0.25, 0.3) is 11.8 Å². The first-order valence-corrected chi connectivity index (χ1v) is 18.2. The van der Waals surface area contributed by atoms with Crippen LogP contribution in [0.15, 0.2) is 54.7 Å². The fourth-order valence-corrected chi connectivity index (χ4v) is 8.53. The van der Waals surface area contributed by atoms with Crippen molar-refractivity contribution in [2.24, 2.45) is 5.41 Å². The third-order valence-corrected chi connectivity index (χ3v) is 11.9. The van der Waals surface area contributed by atoms with Crippen LogP contribution < -0.4 is 32.1 Å². The highest BCUT2D eigenvalue weighted by molar-refractivity contribution is 14.1. The number of methoxy groups -OCH3 is 3. The van der Waals surface area contributed by atoms with Crippen LogP contribution in [0.3, 0.4) is 0 Å². The molecule has 13 heteroatoms. The summed E-state index contributed by atoms with van der Waals surface area (Å²) >= 11 is 2.09. The van der Waals surface area contributed by atoms with Gasteiger partial charge < -0.3 is 43.9 Å². The molecule has 3 atom stereocenters. The number of amides is 2. The van der Waals surface area contributed by atoms with Gasteiger partial charge in [0, 0.05) is 37.8 Å². The summed E-state index contributed by atoms with van der Waals surface area (Å²) in [5.41, 5.74) is 4.64. The molecule has 4 aliphatic heterocycles. The molecule has 0 aromatic heterocycles. The van der Waals surface area contributed by atoms with Gasteiger partial charge in [-0.15, -0.1) is 0 Å². The van der Waals surface area contributed by atoms with E-state index in [4.69, 9.17) is 23.7 Å². The highest BCUT2D eigenvalue weighted by Crippen LogP contribution is 2.57. The van der Waals surface area contributed by atoms with Gasteiger partial charge in [0.2, 0.25) is 0 Å². The van der Waals surface area contributed by atoms with Crippen LogP contribution in [0.2, 0.25) is 0 Å². The number of nitrogens with zero attached hydrogens (tertiary/aromatic N) is 3. The molecule has 1 saturated carbocycles. The molecular formula is C38H41IN4O8. The Morgan fingerprint density at radius 1 is 0.882 bits per heavy atom. The van der Waals surface area contributed by atoms with Crippen LogP contribution in [-0.4, -0.2) is 92.7 Å². The lowest BCUT2D eigenvalue weighted by Gasteiger charge is -2.29. The molecule has 1 aliphatic carbocycles. The first kappa shape index (κ1) is 33.8. The van der Waals surface area contributed by atoms with Crippen molar-refractivity contribution < 1.29 is 38.4 Å². The van der Waals surface area contributed by atoms with Crippen LogP contribution in [0.25, 0.3) is 5.57 Å². The molecule has 4 heterocycles. The highest BCUT2D eigenvalue weighted by Gasteiger charge is 2.57. The summed E-state index contributed by atoms with van der Waals surface area (Å²) < 4.78 is 30.7. The molecule has 12 nitrogen and oxygen atoms in total. The number of fused-ring (bicyclic) bond motifs is 4. The maximum absolute atomic E-state index is 13.8. The minimum atomic E-state index is -0.823. The van der Waals surface area contributed by atoms with Crippen molar-refractivity contribution in [3.05, 3.63) is 71.4 Å². The molecule has 2 N–H and O–H groups in total. The second kappa shape index (κ2) is 13.3. The Morgan fingerprint density at radius 3 is 2.24 bits per heavy atom. The number of hydrogen-bond donors (Lipinski definition) is 2. The topological polar surface area (TPSA) is 122 Å². The Kier molecular flexibility index (Phi) is 8.81. The van der Waals surface area contributed by atoms with Gasteiger partial charge in [-0.25, -0.2) is 0 Å². The molecule has 3 unspecified atom stereocenters. The summed E-state index contributed by atoms with van der Waals surface area (Å²) in [6.07, 6.45) is 5.43. The number of rotatable bonds is 10. The zero-order chi connectivity index (χ0) is 35.4. The number of anilines is 2. The van der Waals surface area contributed by atoms with Gasteiger partial charge >= 0.3 is 0 Å². The molecule has 2 amide bonds. The number of aliphatic hydroxyl groups excluding tert-OH is 1. The smallest absolute Gasteiger partial charge is 0.260 e. The van der Waals surface area contributed by atoms with E-state index in [-0.39, 0.29) is 29.3 Å². The predicted octanol–water partition coefficient (Wildman–Crippen LogP) is 5.72. The fraction of sp³-hybridized carbons (Fsp3) is 0.421. The van der Waals surface area contributed by atoms with Crippen molar-refractivity contribution in [2.75, 3.05) is 56.1 Å². The van der Waals surface area contributed by atoms with E-state index >= 15 is 0 Å². The lowest BCUT2D eigenvalue weighted by Crippen LogP contribution is -2.45. The minimum Gasteiger partial charge on any atom is -0.497 e. The number of ether oxygens (including phenoxy) is 5. The lowest BCUT2D eigenvalue weighted by atomic mass is 10.0. The van der Waals surface area contributed by atoms with Crippen molar-refractivity contribution in [3.63, 3.8) is 0 Å². The van der Waals surface area contributed by atoms with E-state index in [0.29, 0.717) is 78.2 Å². The zero-order valence-corrected chi connectivity index (χ0v) is 31.0. The predicted molar refractivity (Wildman–Crippen MR) is 199 cm³/mol. The summed E-state index contributed by atoms with van der Waals surface area (Å²) in [6.45, 7) is 1.91. The van der Waals surface area contributed by atoms with E-state index in [1.165, 1.54) is 0 Å². The number of aliphatic hydroxyl groups is 1. The summed E-state index contributed by atoms with van der Waals surface area (Å²) in [5.74, 6) is 2.54. The van der Waals surface area contributed by atoms with E-state index in [1.807, 2.05) is 46.3 Å². The van der Waals surface area contributed by atoms with E-state index in [1.54, 1.807) is 42.6 Å². The highest BCUT2D eigenvalue weighted by atomic mass is 127. The van der Waals surface area contributed by atoms with Gasteiger partial charge in [0.15, 0.2) is 29.2 Å².